The summed E-state index contributed by atoms with van der Waals surface area (Å²) in [5, 5.41) is 19.0. The Bertz CT molecular complexity index is 242. The summed E-state index contributed by atoms with van der Waals surface area (Å²) < 4.78 is 0. The van der Waals surface area contributed by atoms with Crippen LogP contribution in [0.15, 0.2) is 12.7 Å². The van der Waals surface area contributed by atoms with Crippen LogP contribution in [0, 0.1) is 0 Å². The van der Waals surface area contributed by atoms with Gasteiger partial charge in [-0.2, -0.15) is 0 Å². The second kappa shape index (κ2) is 12.7. The number of unbranched alkanes of at least 4 members (excludes halogenated alkanes) is 4. The van der Waals surface area contributed by atoms with Crippen molar-refractivity contribution < 1.29 is 38.7 Å². The quantitative estimate of drug-likeness (QED) is 0.244. The van der Waals surface area contributed by atoms with E-state index in [4.69, 9.17) is 5.11 Å². The van der Waals surface area contributed by atoms with Crippen LogP contribution in [0.25, 0.3) is 0 Å². The standard InChI is InChI=1S/C12H21NO4.Li/c1-2-3-4-5-6-7-8-13(9-11(14)15)10-12(16)17;/h2H,1,3-10H2,(H,14,15)(H,16,17);/q;+1/p-1. The fourth-order valence-corrected chi connectivity index (χ4v) is 1.57. The van der Waals surface area contributed by atoms with Gasteiger partial charge >= 0.3 is 24.8 Å². The molecule has 0 spiro atoms. The zero-order valence-electron chi connectivity index (χ0n) is 11.1. The fraction of sp³-hybridized carbons (Fsp3) is 0.667. The van der Waals surface area contributed by atoms with Crippen LogP contribution in [0.3, 0.4) is 0 Å². The Balaban J connectivity index is 0. The third-order valence-electron chi connectivity index (χ3n) is 2.34. The van der Waals surface area contributed by atoms with Crippen molar-refractivity contribution in [1.29, 1.82) is 0 Å². The summed E-state index contributed by atoms with van der Waals surface area (Å²) in [5.41, 5.74) is 0. The molecule has 6 heteroatoms. The molecule has 18 heavy (non-hydrogen) atoms. The van der Waals surface area contributed by atoms with Crippen molar-refractivity contribution in [3.05, 3.63) is 12.7 Å². The summed E-state index contributed by atoms with van der Waals surface area (Å²) in [6.45, 7) is 3.54. The maximum absolute atomic E-state index is 10.5. The number of rotatable bonds is 11. The Kier molecular flexibility index (Phi) is 13.8. The Labute approximate surface area is 120 Å². The van der Waals surface area contributed by atoms with Gasteiger partial charge in [0.15, 0.2) is 0 Å². The van der Waals surface area contributed by atoms with Crippen LogP contribution in [0.2, 0.25) is 0 Å². The molecule has 0 aromatic rings. The van der Waals surface area contributed by atoms with Gasteiger partial charge in [0, 0.05) is 6.54 Å². The molecule has 0 saturated heterocycles. The van der Waals surface area contributed by atoms with Gasteiger partial charge in [-0.3, -0.25) is 9.69 Å². The van der Waals surface area contributed by atoms with Crippen LogP contribution in [-0.2, 0) is 9.59 Å². The normalized spacial score (nSPS) is 9.83. The molecular weight excluding hydrogens is 229 g/mol. The number of carboxylic acids is 2. The molecule has 0 amide bonds. The Morgan fingerprint density at radius 2 is 1.78 bits per heavy atom. The van der Waals surface area contributed by atoms with Crippen LogP contribution in [0.1, 0.15) is 32.1 Å². The predicted octanol–water partition coefficient (Wildman–Crippen LogP) is -2.74. The number of carboxylic acid groups (broad SMARTS) is 2. The van der Waals surface area contributed by atoms with E-state index >= 15 is 0 Å². The molecule has 0 aliphatic rings. The SMILES string of the molecule is C=CCCCCCCN(CC(=O)[O-])CC(=O)O.[Li+]. The van der Waals surface area contributed by atoms with Crippen LogP contribution >= 0.6 is 0 Å². The van der Waals surface area contributed by atoms with Crippen molar-refractivity contribution in [3.63, 3.8) is 0 Å². The van der Waals surface area contributed by atoms with E-state index in [9.17, 15) is 14.7 Å². The monoisotopic (exact) mass is 249 g/mol. The molecule has 0 atom stereocenters. The van der Waals surface area contributed by atoms with E-state index in [1.807, 2.05) is 6.08 Å². The molecular formula is C12H20LiNO4. The van der Waals surface area contributed by atoms with Crippen LogP contribution in [0.4, 0.5) is 0 Å². The Hall–Kier alpha value is -0.763. The van der Waals surface area contributed by atoms with Crippen molar-refractivity contribution in [2.24, 2.45) is 0 Å². The number of aliphatic carboxylic acids is 2. The van der Waals surface area contributed by atoms with Gasteiger partial charge in [0.1, 0.15) is 0 Å². The van der Waals surface area contributed by atoms with E-state index in [0.29, 0.717) is 6.54 Å². The van der Waals surface area contributed by atoms with Gasteiger partial charge in [0.25, 0.3) is 0 Å². The third-order valence-corrected chi connectivity index (χ3v) is 2.34. The smallest absolute Gasteiger partial charge is 0.549 e. The first-order chi connectivity index (χ1) is 8.06. The zero-order valence-corrected chi connectivity index (χ0v) is 11.1. The van der Waals surface area contributed by atoms with Crippen molar-refractivity contribution in [2.45, 2.75) is 32.1 Å². The molecule has 1 N–H and O–H groups in total. The molecule has 0 aromatic carbocycles. The second-order valence-corrected chi connectivity index (χ2v) is 3.97. The number of nitrogens with zero attached hydrogens (tertiary/aromatic N) is 1. The van der Waals surface area contributed by atoms with Gasteiger partial charge in [-0.25, -0.2) is 0 Å². The minimum Gasteiger partial charge on any atom is -0.549 e. The van der Waals surface area contributed by atoms with Crippen molar-refractivity contribution >= 4 is 11.9 Å². The first-order valence-corrected chi connectivity index (χ1v) is 5.81. The summed E-state index contributed by atoms with van der Waals surface area (Å²) in [4.78, 5) is 22.3. The Morgan fingerprint density at radius 3 is 2.28 bits per heavy atom. The molecule has 0 fully saturated rings. The molecule has 0 saturated carbocycles. The minimum absolute atomic E-state index is 0. The van der Waals surface area contributed by atoms with Crippen LogP contribution < -0.4 is 24.0 Å². The van der Waals surface area contributed by atoms with Gasteiger partial charge in [-0.05, 0) is 25.8 Å². The summed E-state index contributed by atoms with van der Waals surface area (Å²) in [7, 11) is 0. The Morgan fingerprint density at radius 1 is 1.17 bits per heavy atom. The largest absolute Gasteiger partial charge is 1.00 e. The predicted molar refractivity (Wildman–Crippen MR) is 62.4 cm³/mol. The fourth-order valence-electron chi connectivity index (χ4n) is 1.57. The zero-order chi connectivity index (χ0) is 13.1. The maximum atomic E-state index is 10.5. The summed E-state index contributed by atoms with van der Waals surface area (Å²) >= 11 is 0. The minimum atomic E-state index is -1.24. The third kappa shape index (κ3) is 13.3. The molecule has 0 unspecified atom stereocenters. The number of hydrogen-bond donors (Lipinski definition) is 1. The van der Waals surface area contributed by atoms with Gasteiger partial charge in [-0.15, -0.1) is 6.58 Å². The number of carbonyl (C=O) groups is 2. The van der Waals surface area contributed by atoms with Gasteiger partial charge < -0.3 is 15.0 Å². The van der Waals surface area contributed by atoms with Crippen LogP contribution in [0.5, 0.6) is 0 Å². The summed E-state index contributed by atoms with van der Waals surface area (Å²) in [6, 6.07) is 0. The molecule has 0 radical (unpaired) electrons. The summed E-state index contributed by atoms with van der Waals surface area (Å²) in [6.07, 6.45) is 6.75. The van der Waals surface area contributed by atoms with Crippen molar-refractivity contribution in [3.8, 4) is 0 Å². The van der Waals surface area contributed by atoms with Crippen molar-refractivity contribution in [2.75, 3.05) is 19.6 Å². The van der Waals surface area contributed by atoms with Gasteiger partial charge in [-0.1, -0.05) is 18.9 Å². The maximum Gasteiger partial charge on any atom is 1.00 e. The number of carbonyl (C=O) groups excluding carboxylic acids is 1. The molecule has 98 valence electrons. The average molecular weight is 249 g/mol. The molecule has 5 nitrogen and oxygen atoms in total. The average Bonchev–Trinajstić information content (AvgIpc) is 2.21. The van der Waals surface area contributed by atoms with E-state index in [1.54, 1.807) is 0 Å². The number of allylic oxidation sites excluding steroid dienone is 1. The van der Waals surface area contributed by atoms with Crippen LogP contribution in [-0.4, -0.2) is 41.6 Å². The van der Waals surface area contributed by atoms with Crippen molar-refractivity contribution in [1.82, 2.24) is 4.90 Å². The molecule has 0 aromatic heterocycles. The molecule has 0 heterocycles. The summed E-state index contributed by atoms with van der Waals surface area (Å²) in [5.74, 6) is -2.25. The number of hydrogen-bond acceptors (Lipinski definition) is 4. The molecule has 0 aliphatic carbocycles. The van der Waals surface area contributed by atoms with Gasteiger partial charge in [0.05, 0.1) is 12.5 Å². The van der Waals surface area contributed by atoms with E-state index in [2.05, 4.69) is 6.58 Å². The molecule has 0 rings (SSSR count). The first kappa shape index (κ1) is 19.6. The van der Waals surface area contributed by atoms with E-state index in [-0.39, 0.29) is 32.0 Å². The van der Waals surface area contributed by atoms with Gasteiger partial charge in [0.2, 0.25) is 0 Å². The van der Waals surface area contributed by atoms with E-state index in [1.165, 1.54) is 4.90 Å². The molecule has 0 aliphatic heterocycles. The van der Waals surface area contributed by atoms with E-state index in [0.717, 1.165) is 32.1 Å². The van der Waals surface area contributed by atoms with E-state index < -0.39 is 11.9 Å². The molecule has 0 bridgehead atoms. The second-order valence-electron chi connectivity index (χ2n) is 3.97. The first-order valence-electron chi connectivity index (χ1n) is 5.81. The topological polar surface area (TPSA) is 80.7 Å².